The predicted molar refractivity (Wildman–Crippen MR) is 78.0 cm³/mol. The molecule has 1 aromatic carbocycles. The molecule has 2 rings (SSSR count). The molecule has 2 nitrogen and oxygen atoms in total. The first kappa shape index (κ1) is 16.0. The summed E-state index contributed by atoms with van der Waals surface area (Å²) < 4.78 is 40.7. The van der Waals surface area contributed by atoms with Crippen molar-refractivity contribution in [2.24, 2.45) is 0 Å². The van der Waals surface area contributed by atoms with Crippen LogP contribution >= 0.6 is 27.7 Å². The predicted octanol–water partition coefficient (Wildman–Crippen LogP) is 4.33. The second-order valence-electron chi connectivity index (χ2n) is 4.58. The van der Waals surface area contributed by atoms with Crippen LogP contribution in [-0.2, 0) is 6.54 Å². The Bertz CT molecular complexity index is 450. The average molecular weight is 370 g/mol. The Kier molecular flexibility index (Phi) is 5.63. The molecule has 1 aromatic rings. The van der Waals surface area contributed by atoms with E-state index in [9.17, 15) is 13.2 Å². The molecule has 7 heteroatoms. The summed E-state index contributed by atoms with van der Waals surface area (Å²) in [5, 5.41) is 3.44. The van der Waals surface area contributed by atoms with E-state index in [1.54, 1.807) is 12.1 Å². The van der Waals surface area contributed by atoms with Gasteiger partial charge in [0.15, 0.2) is 0 Å². The molecule has 0 radical (unpaired) electrons. The zero-order valence-electron chi connectivity index (χ0n) is 10.7. The molecule has 1 fully saturated rings. The second kappa shape index (κ2) is 7.04. The number of hydrogen-bond acceptors (Lipinski definition) is 3. The molecule has 0 spiro atoms. The Morgan fingerprint density at radius 2 is 2.00 bits per heavy atom. The molecule has 0 atom stereocenters. The van der Waals surface area contributed by atoms with Crippen molar-refractivity contribution < 1.29 is 17.9 Å². The smallest absolute Gasteiger partial charge is 0.405 e. The number of nitrogens with one attached hydrogen (secondary N) is 1. The van der Waals surface area contributed by atoms with Gasteiger partial charge in [0.1, 0.15) is 5.75 Å². The van der Waals surface area contributed by atoms with Crippen molar-refractivity contribution in [2.45, 2.75) is 31.8 Å². The van der Waals surface area contributed by atoms with Gasteiger partial charge in [0.25, 0.3) is 0 Å². The van der Waals surface area contributed by atoms with Gasteiger partial charge in [-0.3, -0.25) is 0 Å². The number of ether oxygens (including phenoxy) is 1. The lowest BCUT2D eigenvalue weighted by molar-refractivity contribution is -0.274. The molecule has 0 unspecified atom stereocenters. The third-order valence-corrected chi connectivity index (χ3v) is 4.71. The van der Waals surface area contributed by atoms with Crippen molar-refractivity contribution in [1.29, 1.82) is 0 Å². The van der Waals surface area contributed by atoms with Crippen molar-refractivity contribution >= 4 is 27.7 Å². The molecule has 0 aliphatic carbocycles. The fourth-order valence-electron chi connectivity index (χ4n) is 2.03. The summed E-state index contributed by atoms with van der Waals surface area (Å²) in [4.78, 5) is 0. The minimum absolute atomic E-state index is 0.213. The molecule has 20 heavy (non-hydrogen) atoms. The summed E-state index contributed by atoms with van der Waals surface area (Å²) in [7, 11) is 0. The van der Waals surface area contributed by atoms with Gasteiger partial charge in [0, 0.05) is 12.6 Å². The molecule has 0 saturated carbocycles. The molecule has 1 aliphatic rings. The third kappa shape index (κ3) is 5.18. The standard InChI is InChI=1S/C13H15BrF3NOS/c14-11-7-9(1-2-12(11)19-13(15,16)17)8-18-10-3-5-20-6-4-10/h1-2,7,10,18H,3-6,8H2. The summed E-state index contributed by atoms with van der Waals surface area (Å²) in [5.41, 5.74) is 0.935. The van der Waals surface area contributed by atoms with Crippen molar-refractivity contribution in [1.82, 2.24) is 5.32 Å². The van der Waals surface area contributed by atoms with E-state index in [-0.39, 0.29) is 5.75 Å². The highest BCUT2D eigenvalue weighted by atomic mass is 79.9. The second-order valence-corrected chi connectivity index (χ2v) is 6.66. The molecule has 1 aliphatic heterocycles. The lowest BCUT2D eigenvalue weighted by atomic mass is 10.1. The van der Waals surface area contributed by atoms with Gasteiger partial charge in [0.2, 0.25) is 0 Å². The number of benzene rings is 1. The first-order chi connectivity index (χ1) is 9.44. The molecule has 1 N–H and O–H groups in total. The third-order valence-electron chi connectivity index (χ3n) is 3.04. The molecule has 0 bridgehead atoms. The van der Waals surface area contributed by atoms with Gasteiger partial charge >= 0.3 is 6.36 Å². The lowest BCUT2D eigenvalue weighted by Gasteiger charge is -2.22. The first-order valence-electron chi connectivity index (χ1n) is 6.29. The summed E-state index contributed by atoms with van der Waals surface area (Å²) in [6.07, 6.45) is -2.38. The molecular formula is C13H15BrF3NOS. The van der Waals surface area contributed by atoms with Crippen LogP contribution in [0.15, 0.2) is 22.7 Å². The zero-order valence-corrected chi connectivity index (χ0v) is 13.1. The van der Waals surface area contributed by atoms with Crippen LogP contribution in [0.25, 0.3) is 0 Å². The van der Waals surface area contributed by atoms with Gasteiger partial charge in [0.05, 0.1) is 4.47 Å². The van der Waals surface area contributed by atoms with E-state index in [4.69, 9.17) is 0 Å². The summed E-state index contributed by atoms with van der Waals surface area (Å²) in [6.45, 7) is 0.653. The molecule has 1 saturated heterocycles. The monoisotopic (exact) mass is 369 g/mol. The highest BCUT2D eigenvalue weighted by molar-refractivity contribution is 9.10. The van der Waals surface area contributed by atoms with Crippen molar-refractivity contribution in [3.8, 4) is 5.75 Å². The number of hydrogen-bond donors (Lipinski definition) is 1. The molecular weight excluding hydrogens is 355 g/mol. The van der Waals surface area contributed by atoms with E-state index in [1.807, 2.05) is 11.8 Å². The van der Waals surface area contributed by atoms with E-state index in [2.05, 4.69) is 26.0 Å². The molecule has 112 valence electrons. The van der Waals surface area contributed by atoms with Gasteiger partial charge in [-0.2, -0.15) is 11.8 Å². The number of thioether (sulfide) groups is 1. The molecule has 0 aromatic heterocycles. The largest absolute Gasteiger partial charge is 0.573 e. The van der Waals surface area contributed by atoms with Crippen LogP contribution in [0.3, 0.4) is 0 Å². The van der Waals surface area contributed by atoms with Crippen molar-refractivity contribution in [3.05, 3.63) is 28.2 Å². The maximum atomic E-state index is 12.2. The van der Waals surface area contributed by atoms with Crippen molar-refractivity contribution in [2.75, 3.05) is 11.5 Å². The van der Waals surface area contributed by atoms with Crippen LogP contribution in [0.4, 0.5) is 13.2 Å². The fraction of sp³-hybridized carbons (Fsp3) is 0.538. The first-order valence-corrected chi connectivity index (χ1v) is 8.24. The molecule has 0 amide bonds. The zero-order chi connectivity index (χ0) is 14.6. The summed E-state index contributed by atoms with van der Waals surface area (Å²) in [5.74, 6) is 2.12. The topological polar surface area (TPSA) is 21.3 Å². The highest BCUT2D eigenvalue weighted by Gasteiger charge is 2.31. The Balaban J connectivity index is 1.91. The van der Waals surface area contributed by atoms with Gasteiger partial charge < -0.3 is 10.1 Å². The maximum Gasteiger partial charge on any atom is 0.573 e. The van der Waals surface area contributed by atoms with Crippen LogP contribution in [0, 0.1) is 0 Å². The fourth-order valence-corrected chi connectivity index (χ4v) is 3.64. The Morgan fingerprint density at radius 3 is 2.60 bits per heavy atom. The number of halogens is 4. The van der Waals surface area contributed by atoms with E-state index in [0.29, 0.717) is 17.1 Å². The minimum Gasteiger partial charge on any atom is -0.405 e. The average Bonchev–Trinajstić information content (AvgIpc) is 2.39. The number of rotatable bonds is 4. The van der Waals surface area contributed by atoms with E-state index in [0.717, 1.165) is 18.4 Å². The highest BCUT2D eigenvalue weighted by Crippen LogP contribution is 2.31. The van der Waals surface area contributed by atoms with Crippen LogP contribution in [0.5, 0.6) is 5.75 Å². The maximum absolute atomic E-state index is 12.2. The van der Waals surface area contributed by atoms with Gasteiger partial charge in [-0.05, 0) is 58.0 Å². The quantitative estimate of drug-likeness (QED) is 0.853. The van der Waals surface area contributed by atoms with Gasteiger partial charge in [-0.1, -0.05) is 6.07 Å². The van der Waals surface area contributed by atoms with Gasteiger partial charge in [-0.15, -0.1) is 13.2 Å². The minimum atomic E-state index is -4.66. The van der Waals surface area contributed by atoms with Crippen LogP contribution in [0.2, 0.25) is 0 Å². The Morgan fingerprint density at radius 1 is 1.30 bits per heavy atom. The number of alkyl halides is 3. The SMILES string of the molecule is FC(F)(F)Oc1ccc(CNC2CCSCC2)cc1Br. The van der Waals surface area contributed by atoms with E-state index < -0.39 is 6.36 Å². The molecule has 1 heterocycles. The van der Waals surface area contributed by atoms with Crippen LogP contribution < -0.4 is 10.1 Å². The summed E-state index contributed by atoms with van der Waals surface area (Å²) >= 11 is 5.07. The lowest BCUT2D eigenvalue weighted by Crippen LogP contribution is -2.32. The summed E-state index contributed by atoms with van der Waals surface area (Å²) in [6, 6.07) is 5.15. The van der Waals surface area contributed by atoms with E-state index >= 15 is 0 Å². The van der Waals surface area contributed by atoms with E-state index in [1.165, 1.54) is 17.6 Å². The van der Waals surface area contributed by atoms with Crippen LogP contribution in [0.1, 0.15) is 18.4 Å². The van der Waals surface area contributed by atoms with Gasteiger partial charge in [-0.25, -0.2) is 0 Å². The van der Waals surface area contributed by atoms with Crippen molar-refractivity contribution in [3.63, 3.8) is 0 Å². The Labute approximate surface area is 128 Å². The normalized spacial score (nSPS) is 17.2. The van der Waals surface area contributed by atoms with Crippen LogP contribution in [-0.4, -0.2) is 23.9 Å². The Hall–Kier alpha value is -0.400.